The minimum Gasteiger partial charge on any atom is -0.281 e. The summed E-state index contributed by atoms with van der Waals surface area (Å²) in [4.78, 5) is 9.58. The molecule has 0 aromatic carbocycles. The molecule has 0 saturated carbocycles. The monoisotopic (exact) mass is 91.0 g/mol. The topological polar surface area (TPSA) is 17.1 Å². The van der Waals surface area contributed by atoms with Gasteiger partial charge in [-0.25, -0.2) is 0 Å². The molecule has 0 amide bonds. The fourth-order valence-corrected chi connectivity index (χ4v) is 0. The smallest absolute Gasteiger partial charge is 0.221 e. The second-order valence-electron chi connectivity index (χ2n) is 0.709. The van der Waals surface area contributed by atoms with Crippen LogP contribution in [-0.4, -0.2) is 5.24 Å². The van der Waals surface area contributed by atoms with Crippen molar-refractivity contribution in [3.63, 3.8) is 0 Å². The predicted octanol–water partition coefficient (Wildman–Crippen LogP) is 1.16. The molecule has 0 radical (unpaired) electrons. The van der Waals surface area contributed by atoms with Gasteiger partial charge in [0.2, 0.25) is 5.24 Å². The number of carbonyl (C=O) groups is 1. The van der Waals surface area contributed by atoms with Crippen molar-refractivity contribution in [2.45, 2.75) is 13.3 Å². The predicted molar refractivity (Wildman–Crippen MR) is 21.2 cm³/mol. The highest BCUT2D eigenvalue weighted by atomic mass is 35.5. The molecule has 0 bridgehead atoms. The molecule has 0 aliphatic heterocycles. The summed E-state index contributed by atoms with van der Waals surface area (Å²) in [6, 6.07) is 0. The van der Waals surface area contributed by atoms with Crippen LogP contribution >= 0.6 is 11.6 Å². The van der Waals surface area contributed by atoms with Gasteiger partial charge in [-0.2, -0.15) is 0 Å². The van der Waals surface area contributed by atoms with Crippen molar-refractivity contribution in [2.75, 3.05) is 0 Å². The van der Waals surface area contributed by atoms with Crippen LogP contribution in [0.15, 0.2) is 0 Å². The maximum atomic E-state index is 9.58. The van der Waals surface area contributed by atoms with Gasteiger partial charge >= 0.3 is 0 Å². The van der Waals surface area contributed by atoms with E-state index in [1.165, 1.54) is 0 Å². The normalized spacial score (nSPS) is 7.60. The van der Waals surface area contributed by atoms with Gasteiger partial charge < -0.3 is 0 Å². The molecule has 0 unspecified atom stereocenters. The Morgan fingerprint density at radius 3 is 2.20 bits per heavy atom. The van der Waals surface area contributed by atoms with Gasteiger partial charge in [0.25, 0.3) is 0 Å². The van der Waals surface area contributed by atoms with E-state index in [1.807, 2.05) is 0 Å². The first-order valence-electron chi connectivity index (χ1n) is 1.45. The Morgan fingerprint density at radius 2 is 2.20 bits per heavy atom. The third-order valence-corrected chi connectivity index (χ3v) is 0.545. The van der Waals surface area contributed by atoms with Gasteiger partial charge in [0.1, 0.15) is 0 Å². The first kappa shape index (κ1) is 4.96. The van der Waals surface area contributed by atoms with Crippen molar-refractivity contribution >= 4 is 16.8 Å². The highest BCUT2D eigenvalue weighted by molar-refractivity contribution is 6.63. The van der Waals surface area contributed by atoms with Crippen LogP contribution in [0.5, 0.6) is 0 Å². The molecule has 0 saturated heterocycles. The highest BCUT2D eigenvalue weighted by Crippen LogP contribution is 1.81. The Hall–Kier alpha value is -0.0400. The Bertz CT molecular complexity index is 42.2. The lowest BCUT2D eigenvalue weighted by atomic mass is 10.1. The van der Waals surface area contributed by atoms with Crippen LogP contribution in [0.3, 0.4) is 0 Å². The molecule has 0 fully saturated rings. The van der Waals surface area contributed by atoms with E-state index < -0.39 is 0 Å². The number of hydrogen-bond acceptors (Lipinski definition) is 1. The molecule has 5 heavy (non-hydrogen) atoms. The van der Waals surface area contributed by atoms with Crippen molar-refractivity contribution in [2.24, 2.45) is 0 Å². The summed E-state index contributed by atoms with van der Waals surface area (Å²) in [6.07, 6.45) is 0.432. The third-order valence-electron chi connectivity index (χ3n) is 0.278. The van der Waals surface area contributed by atoms with Crippen molar-refractivity contribution in [1.29, 1.82) is 0 Å². The molecule has 0 atom stereocenters. The summed E-state index contributed by atoms with van der Waals surface area (Å²) < 4.78 is 0. The summed E-state index contributed by atoms with van der Waals surface area (Å²) in [7, 11) is 0. The van der Waals surface area contributed by atoms with Crippen LogP contribution in [0.25, 0.3) is 0 Å². The molecule has 0 heterocycles. The number of rotatable bonds is 1. The lowest BCUT2D eigenvalue weighted by Crippen LogP contribution is -1.74. The van der Waals surface area contributed by atoms with Crippen LogP contribution in [0.4, 0.5) is 0 Å². The van der Waals surface area contributed by atoms with Crippen LogP contribution in [-0.2, 0) is 4.79 Å². The standard InChI is InChI=1S/C3H5ClO/c1-2-3(4)5/h2H2,1H3/i3-1. The molecule has 0 aliphatic carbocycles. The fourth-order valence-electron chi connectivity index (χ4n) is 0. The van der Waals surface area contributed by atoms with Gasteiger partial charge in [-0.15, -0.1) is 0 Å². The van der Waals surface area contributed by atoms with E-state index in [9.17, 15) is 4.79 Å². The molecule has 0 aromatic rings. The second kappa shape index (κ2) is 2.21. The van der Waals surface area contributed by atoms with Crippen molar-refractivity contribution in [3.05, 3.63) is 0 Å². The summed E-state index contributed by atoms with van der Waals surface area (Å²) >= 11 is 4.82. The molecule has 1 nitrogen and oxygen atoms in total. The van der Waals surface area contributed by atoms with E-state index in [-0.39, 0.29) is 5.24 Å². The van der Waals surface area contributed by atoms with Gasteiger partial charge in [-0.3, -0.25) is 4.79 Å². The summed E-state index contributed by atoms with van der Waals surface area (Å²) in [5.74, 6) is 0. The number of carbonyl (C=O) groups excluding carboxylic acids is 1. The Labute approximate surface area is 35.9 Å². The molecule has 0 N–H and O–H groups in total. The molecular weight excluding hydrogens is 86.5 g/mol. The molecule has 0 aliphatic rings. The Kier molecular flexibility index (Phi) is 2.19. The molecule has 0 rings (SSSR count). The Balaban J connectivity index is 2.85. The first-order chi connectivity index (χ1) is 2.27. The lowest BCUT2D eigenvalue weighted by molar-refractivity contribution is -0.111. The van der Waals surface area contributed by atoms with Gasteiger partial charge in [-0.1, -0.05) is 6.92 Å². The zero-order valence-corrected chi connectivity index (χ0v) is 3.75. The zero-order chi connectivity index (χ0) is 4.28. The van der Waals surface area contributed by atoms with Crippen molar-refractivity contribution in [1.82, 2.24) is 0 Å². The minimum atomic E-state index is -0.273. The average molecular weight is 91.5 g/mol. The molecule has 2 heteroatoms. The number of halogens is 1. The first-order valence-corrected chi connectivity index (χ1v) is 1.83. The summed E-state index contributed by atoms with van der Waals surface area (Å²) in [5.41, 5.74) is 0. The summed E-state index contributed by atoms with van der Waals surface area (Å²) in [5, 5.41) is -0.273. The van der Waals surface area contributed by atoms with Crippen LogP contribution in [0.1, 0.15) is 13.3 Å². The van der Waals surface area contributed by atoms with E-state index in [0.717, 1.165) is 0 Å². The van der Waals surface area contributed by atoms with Gasteiger partial charge in [0.05, 0.1) is 0 Å². The van der Waals surface area contributed by atoms with E-state index >= 15 is 0 Å². The second-order valence-corrected chi connectivity index (χ2v) is 1.13. The Morgan fingerprint density at radius 1 is 2.00 bits per heavy atom. The molecule has 0 spiro atoms. The molecular formula is C3H5ClO. The van der Waals surface area contributed by atoms with Gasteiger partial charge in [0, 0.05) is 6.42 Å². The van der Waals surface area contributed by atoms with E-state index in [0.29, 0.717) is 6.42 Å². The van der Waals surface area contributed by atoms with E-state index in [2.05, 4.69) is 0 Å². The van der Waals surface area contributed by atoms with Crippen molar-refractivity contribution < 1.29 is 4.79 Å². The summed E-state index contributed by atoms with van der Waals surface area (Å²) in [6.45, 7) is 1.72. The van der Waals surface area contributed by atoms with E-state index in [1.54, 1.807) is 6.92 Å². The van der Waals surface area contributed by atoms with Crippen LogP contribution < -0.4 is 0 Å². The largest absolute Gasteiger partial charge is 0.281 e. The fraction of sp³-hybridized carbons (Fsp3) is 0.667. The minimum absolute atomic E-state index is 0.273. The maximum absolute atomic E-state index is 9.58. The van der Waals surface area contributed by atoms with Gasteiger partial charge in [-0.05, 0) is 11.6 Å². The maximum Gasteiger partial charge on any atom is 0.221 e. The highest BCUT2D eigenvalue weighted by Gasteiger charge is 1.81. The zero-order valence-electron chi connectivity index (χ0n) is 2.99. The lowest BCUT2D eigenvalue weighted by Gasteiger charge is -1.68. The third kappa shape index (κ3) is 3.96. The van der Waals surface area contributed by atoms with E-state index in [4.69, 9.17) is 11.6 Å². The van der Waals surface area contributed by atoms with Gasteiger partial charge in [0.15, 0.2) is 0 Å². The average Bonchev–Trinajstić information content (AvgIpc) is 1.38. The molecule has 0 aromatic heterocycles. The van der Waals surface area contributed by atoms with Crippen LogP contribution in [0, 0.1) is 0 Å². The quantitative estimate of drug-likeness (QED) is 0.443. The van der Waals surface area contributed by atoms with Crippen LogP contribution in [0.2, 0.25) is 0 Å². The number of hydrogen-bond donors (Lipinski definition) is 0. The molecule has 30 valence electrons. The SMILES string of the molecule is CC[11C](=O)Cl. The van der Waals surface area contributed by atoms with Crippen molar-refractivity contribution in [3.8, 4) is 0 Å².